The molecule has 2 aromatic carbocycles. The van der Waals surface area contributed by atoms with E-state index in [-0.39, 0.29) is 24.4 Å². The number of hydrogen-bond acceptors (Lipinski definition) is 3. The second-order valence-electron chi connectivity index (χ2n) is 8.85. The van der Waals surface area contributed by atoms with Crippen LogP contribution in [0.2, 0.25) is 0 Å². The van der Waals surface area contributed by atoms with Crippen molar-refractivity contribution in [1.82, 2.24) is 10.2 Å². The first-order valence-corrected chi connectivity index (χ1v) is 12.0. The van der Waals surface area contributed by atoms with Gasteiger partial charge in [-0.1, -0.05) is 79.9 Å². The molecule has 2 amide bonds. The van der Waals surface area contributed by atoms with E-state index in [9.17, 15) is 9.59 Å². The van der Waals surface area contributed by atoms with E-state index in [1.807, 2.05) is 0 Å². The van der Waals surface area contributed by atoms with Gasteiger partial charge in [-0.05, 0) is 49.1 Å². The summed E-state index contributed by atoms with van der Waals surface area (Å²) in [6.07, 6.45) is 9.01. The van der Waals surface area contributed by atoms with E-state index >= 15 is 0 Å². The van der Waals surface area contributed by atoms with Crippen molar-refractivity contribution in [2.24, 2.45) is 11.7 Å². The Bertz CT molecular complexity index is 782. The number of hydrogen-bond donors (Lipinski definition) is 2. The van der Waals surface area contributed by atoms with Crippen LogP contribution in [0, 0.1) is 5.92 Å². The fourth-order valence-corrected chi connectivity index (χ4v) is 4.64. The monoisotopic (exact) mass is 435 g/mol. The van der Waals surface area contributed by atoms with Gasteiger partial charge in [0.25, 0.3) is 0 Å². The normalized spacial score (nSPS) is 18.5. The van der Waals surface area contributed by atoms with Crippen LogP contribution in [-0.4, -0.2) is 42.4 Å². The minimum Gasteiger partial charge on any atom is -0.354 e. The molecule has 2 aromatic rings. The zero-order valence-electron chi connectivity index (χ0n) is 19.0. The van der Waals surface area contributed by atoms with Gasteiger partial charge in [0.05, 0.1) is 6.54 Å². The Morgan fingerprint density at radius 3 is 2.00 bits per heavy atom. The van der Waals surface area contributed by atoms with Crippen LogP contribution in [0.1, 0.15) is 56.1 Å². The topological polar surface area (TPSA) is 75.4 Å². The second kappa shape index (κ2) is 13.0. The largest absolute Gasteiger partial charge is 0.354 e. The minimum absolute atomic E-state index is 0.00451. The molecule has 4 rings (SSSR count). The molecule has 2 aliphatic rings. The van der Waals surface area contributed by atoms with Gasteiger partial charge in [0, 0.05) is 13.1 Å². The van der Waals surface area contributed by atoms with E-state index < -0.39 is 0 Å². The van der Waals surface area contributed by atoms with Gasteiger partial charge in [0.15, 0.2) is 0 Å². The highest BCUT2D eigenvalue weighted by Gasteiger charge is 2.33. The molecule has 1 aliphatic carbocycles. The molecule has 0 aromatic heterocycles. The van der Waals surface area contributed by atoms with Crippen LogP contribution in [-0.2, 0) is 16.0 Å². The average Bonchev–Trinajstić information content (AvgIpc) is 3.35. The van der Waals surface area contributed by atoms with Crippen molar-refractivity contribution >= 4 is 11.8 Å². The highest BCUT2D eigenvalue weighted by Crippen LogP contribution is 2.23. The van der Waals surface area contributed by atoms with E-state index in [1.54, 1.807) is 4.90 Å². The predicted octanol–water partition coefficient (Wildman–Crippen LogP) is 3.91. The molecule has 1 atom stereocenters. The summed E-state index contributed by atoms with van der Waals surface area (Å²) >= 11 is 0. The average molecular weight is 436 g/mol. The molecule has 1 unspecified atom stereocenters. The third-order valence-electron chi connectivity index (χ3n) is 6.43. The van der Waals surface area contributed by atoms with Crippen molar-refractivity contribution < 1.29 is 9.59 Å². The van der Waals surface area contributed by atoms with Gasteiger partial charge >= 0.3 is 0 Å². The maximum absolute atomic E-state index is 12.2. The molecule has 0 bridgehead atoms. The first-order chi connectivity index (χ1) is 15.7. The van der Waals surface area contributed by atoms with Gasteiger partial charge in [-0.25, -0.2) is 0 Å². The lowest BCUT2D eigenvalue weighted by molar-refractivity contribution is -0.137. The summed E-state index contributed by atoms with van der Waals surface area (Å²) in [5.74, 6) is 0.512. The highest BCUT2D eigenvalue weighted by atomic mass is 16.2. The maximum atomic E-state index is 12.2. The fourth-order valence-electron chi connectivity index (χ4n) is 4.64. The summed E-state index contributed by atoms with van der Waals surface area (Å²) in [5, 5.41) is 3.03. The maximum Gasteiger partial charge on any atom is 0.242 e. The molecule has 1 heterocycles. The van der Waals surface area contributed by atoms with E-state index in [1.165, 1.54) is 43.2 Å². The number of nitrogens with two attached hydrogens (primary N) is 1. The van der Waals surface area contributed by atoms with Crippen molar-refractivity contribution in [1.29, 1.82) is 0 Å². The number of likely N-dealkylation sites (tertiary alicyclic amines) is 1. The lowest BCUT2D eigenvalue weighted by Gasteiger charge is -2.26. The number of benzene rings is 2. The van der Waals surface area contributed by atoms with Crippen molar-refractivity contribution in [2.75, 3.05) is 19.6 Å². The third-order valence-corrected chi connectivity index (χ3v) is 6.43. The van der Waals surface area contributed by atoms with Crippen LogP contribution >= 0.6 is 0 Å². The third kappa shape index (κ3) is 7.49. The molecule has 172 valence electrons. The van der Waals surface area contributed by atoms with Gasteiger partial charge in [0.2, 0.25) is 11.8 Å². The lowest BCUT2D eigenvalue weighted by Crippen LogP contribution is -2.48. The summed E-state index contributed by atoms with van der Waals surface area (Å²) < 4.78 is 0. The second-order valence-corrected chi connectivity index (χ2v) is 8.85. The van der Waals surface area contributed by atoms with Gasteiger partial charge in [-0.2, -0.15) is 0 Å². The smallest absolute Gasteiger partial charge is 0.242 e. The van der Waals surface area contributed by atoms with Crippen molar-refractivity contribution in [3.05, 3.63) is 71.8 Å². The number of nitrogens with one attached hydrogen (secondary N) is 1. The molecular formula is C27H37N3O2. The van der Waals surface area contributed by atoms with Crippen LogP contribution in [0.3, 0.4) is 0 Å². The Balaban J connectivity index is 0.000000193. The number of rotatable bonds is 6. The van der Waals surface area contributed by atoms with Crippen LogP contribution < -0.4 is 11.1 Å². The number of carbonyl (C=O) groups excluding carboxylic acids is 2. The van der Waals surface area contributed by atoms with Crippen molar-refractivity contribution in [3.8, 4) is 0 Å². The zero-order valence-corrected chi connectivity index (χ0v) is 19.0. The Hall–Kier alpha value is -2.66. The van der Waals surface area contributed by atoms with Gasteiger partial charge < -0.3 is 16.0 Å². The summed E-state index contributed by atoms with van der Waals surface area (Å²) in [6.45, 7) is 1.42. The molecule has 1 saturated carbocycles. The summed E-state index contributed by atoms with van der Waals surface area (Å²) in [5.41, 5.74) is 8.12. The molecule has 5 nitrogen and oxygen atoms in total. The minimum atomic E-state index is -0.292. The zero-order chi connectivity index (χ0) is 22.6. The number of nitrogens with zero attached hydrogens (tertiary/aromatic N) is 1. The van der Waals surface area contributed by atoms with E-state index in [0.29, 0.717) is 12.5 Å². The molecule has 0 spiro atoms. The Labute approximate surface area is 192 Å². The van der Waals surface area contributed by atoms with E-state index in [4.69, 9.17) is 5.73 Å². The van der Waals surface area contributed by atoms with E-state index in [2.05, 4.69) is 66.0 Å². The highest BCUT2D eigenvalue weighted by molar-refractivity contribution is 5.88. The SMILES string of the molecule is NCC(=O)N1CCCC1C(=O)NCC1CCCCC1.c1ccc(Cc2ccccc2)cc1. The standard InChI is InChI=1S/C14H25N3O2.C13H12/c15-9-13(18)17-8-4-7-12(17)14(19)16-10-11-5-2-1-3-6-11;1-3-7-12(8-4-1)11-13-9-5-2-6-10-13/h11-12H,1-10,15H2,(H,16,19);1-10H,11H2. The molecule has 5 heteroatoms. The van der Waals surface area contributed by atoms with Crippen LogP contribution in [0.5, 0.6) is 0 Å². The fraction of sp³-hybridized carbons (Fsp3) is 0.481. The van der Waals surface area contributed by atoms with Gasteiger partial charge in [0.1, 0.15) is 6.04 Å². The van der Waals surface area contributed by atoms with Crippen molar-refractivity contribution in [3.63, 3.8) is 0 Å². The Morgan fingerprint density at radius 2 is 1.44 bits per heavy atom. The van der Waals surface area contributed by atoms with Crippen LogP contribution in [0.4, 0.5) is 0 Å². The molecular weight excluding hydrogens is 398 g/mol. The van der Waals surface area contributed by atoms with Gasteiger partial charge in [-0.15, -0.1) is 0 Å². The quantitative estimate of drug-likeness (QED) is 0.722. The first-order valence-electron chi connectivity index (χ1n) is 12.0. The molecule has 32 heavy (non-hydrogen) atoms. The summed E-state index contributed by atoms with van der Waals surface area (Å²) in [4.78, 5) is 25.5. The summed E-state index contributed by atoms with van der Waals surface area (Å²) in [6, 6.07) is 20.8. The van der Waals surface area contributed by atoms with Crippen LogP contribution in [0.25, 0.3) is 0 Å². The van der Waals surface area contributed by atoms with Crippen LogP contribution in [0.15, 0.2) is 60.7 Å². The first kappa shape index (κ1) is 24.0. The Kier molecular flexibility index (Phi) is 9.76. The molecule has 1 saturated heterocycles. The summed E-state index contributed by atoms with van der Waals surface area (Å²) in [7, 11) is 0. The molecule has 3 N–H and O–H groups in total. The number of amides is 2. The molecule has 1 aliphatic heterocycles. The Morgan fingerprint density at radius 1 is 0.844 bits per heavy atom. The van der Waals surface area contributed by atoms with Crippen molar-refractivity contribution in [2.45, 2.75) is 57.4 Å². The number of carbonyl (C=O) groups is 2. The lowest BCUT2D eigenvalue weighted by atomic mass is 9.89. The molecule has 2 fully saturated rings. The molecule has 0 radical (unpaired) electrons. The predicted molar refractivity (Wildman–Crippen MR) is 129 cm³/mol. The van der Waals surface area contributed by atoms with Gasteiger partial charge in [-0.3, -0.25) is 9.59 Å². The van der Waals surface area contributed by atoms with E-state index in [0.717, 1.165) is 25.8 Å².